The molecular formula is C7H5Cl4N. The van der Waals surface area contributed by atoms with E-state index in [1.54, 1.807) is 18.2 Å². The zero-order valence-electron chi connectivity index (χ0n) is 5.82. The molecule has 1 aromatic rings. The van der Waals surface area contributed by atoms with E-state index in [9.17, 15) is 0 Å². The van der Waals surface area contributed by atoms with E-state index in [-0.39, 0.29) is 5.02 Å². The Morgan fingerprint density at radius 1 is 1.17 bits per heavy atom. The van der Waals surface area contributed by atoms with Crippen molar-refractivity contribution < 1.29 is 0 Å². The standard InChI is InChI=1S/C7H5Cl4N/c8-5-3-1-2-4(6(5)9)7(10,11)12/h1-3H,12H2. The van der Waals surface area contributed by atoms with Crippen LogP contribution in [-0.2, 0) is 4.46 Å². The van der Waals surface area contributed by atoms with Crippen LogP contribution in [0.5, 0.6) is 0 Å². The maximum Gasteiger partial charge on any atom is 0.193 e. The fourth-order valence-corrected chi connectivity index (χ4v) is 1.62. The molecule has 1 aromatic carbocycles. The number of alkyl halides is 2. The van der Waals surface area contributed by atoms with Crippen molar-refractivity contribution in [2.45, 2.75) is 4.46 Å². The van der Waals surface area contributed by atoms with Crippen molar-refractivity contribution in [2.24, 2.45) is 5.73 Å². The van der Waals surface area contributed by atoms with E-state index in [1.807, 2.05) is 0 Å². The highest BCUT2D eigenvalue weighted by atomic mass is 35.5. The second-order valence-electron chi connectivity index (χ2n) is 2.22. The van der Waals surface area contributed by atoms with Crippen LogP contribution in [0.25, 0.3) is 0 Å². The van der Waals surface area contributed by atoms with Gasteiger partial charge in [0.25, 0.3) is 0 Å². The highest BCUT2D eigenvalue weighted by molar-refractivity contribution is 6.50. The maximum absolute atomic E-state index is 5.80. The summed E-state index contributed by atoms with van der Waals surface area (Å²) >= 11 is 22.8. The van der Waals surface area contributed by atoms with Crippen molar-refractivity contribution >= 4 is 46.4 Å². The first-order valence-corrected chi connectivity index (χ1v) is 4.55. The molecule has 2 N–H and O–H groups in total. The molecule has 0 unspecified atom stereocenters. The fraction of sp³-hybridized carbons (Fsp3) is 0.143. The highest BCUT2D eigenvalue weighted by Crippen LogP contribution is 2.36. The van der Waals surface area contributed by atoms with Gasteiger partial charge in [-0.1, -0.05) is 58.5 Å². The maximum atomic E-state index is 5.80. The molecular weight excluding hydrogens is 240 g/mol. The number of rotatable bonds is 1. The number of hydrogen-bond acceptors (Lipinski definition) is 1. The predicted octanol–water partition coefficient (Wildman–Crippen LogP) is 3.54. The third-order valence-electron chi connectivity index (χ3n) is 1.31. The van der Waals surface area contributed by atoms with Crippen LogP contribution in [0.15, 0.2) is 18.2 Å². The molecule has 0 radical (unpaired) electrons. The molecule has 0 bridgehead atoms. The molecule has 0 amide bonds. The van der Waals surface area contributed by atoms with E-state index < -0.39 is 4.46 Å². The molecule has 0 atom stereocenters. The first kappa shape index (κ1) is 10.4. The van der Waals surface area contributed by atoms with Gasteiger partial charge >= 0.3 is 0 Å². The molecule has 0 aliphatic carbocycles. The first-order valence-electron chi connectivity index (χ1n) is 3.04. The lowest BCUT2D eigenvalue weighted by Gasteiger charge is -2.15. The second-order valence-corrected chi connectivity index (χ2v) is 4.40. The molecule has 5 heteroatoms. The lowest BCUT2D eigenvalue weighted by molar-refractivity contribution is 0.917. The van der Waals surface area contributed by atoms with Gasteiger partial charge in [0, 0.05) is 5.56 Å². The second kappa shape index (κ2) is 3.60. The summed E-state index contributed by atoms with van der Waals surface area (Å²) in [6.45, 7) is 0. The summed E-state index contributed by atoms with van der Waals surface area (Å²) in [4.78, 5) is 0. The Kier molecular flexibility index (Phi) is 3.13. The number of benzene rings is 1. The monoisotopic (exact) mass is 243 g/mol. The van der Waals surface area contributed by atoms with Gasteiger partial charge in [-0.2, -0.15) is 0 Å². The third kappa shape index (κ3) is 2.18. The van der Waals surface area contributed by atoms with E-state index in [0.717, 1.165) is 0 Å². The molecule has 0 aliphatic heterocycles. The van der Waals surface area contributed by atoms with Gasteiger partial charge in [-0.3, -0.25) is 5.73 Å². The van der Waals surface area contributed by atoms with Gasteiger partial charge in [-0.15, -0.1) is 0 Å². The van der Waals surface area contributed by atoms with Crippen LogP contribution in [0, 0.1) is 0 Å². The lowest BCUT2D eigenvalue weighted by atomic mass is 10.2. The van der Waals surface area contributed by atoms with Gasteiger partial charge < -0.3 is 0 Å². The van der Waals surface area contributed by atoms with Crippen LogP contribution in [0.4, 0.5) is 0 Å². The van der Waals surface area contributed by atoms with Crippen LogP contribution in [0.1, 0.15) is 5.56 Å². The van der Waals surface area contributed by atoms with Gasteiger partial charge in [0.1, 0.15) is 0 Å². The molecule has 0 saturated carbocycles. The molecule has 0 heterocycles. The molecule has 0 fully saturated rings. The summed E-state index contributed by atoms with van der Waals surface area (Å²) in [5, 5.41) is 0.664. The smallest absolute Gasteiger partial charge is 0.193 e. The molecule has 0 aromatic heterocycles. The van der Waals surface area contributed by atoms with Crippen LogP contribution in [0.2, 0.25) is 10.0 Å². The highest BCUT2D eigenvalue weighted by Gasteiger charge is 2.24. The minimum atomic E-state index is -1.50. The average molecular weight is 245 g/mol. The lowest BCUT2D eigenvalue weighted by Crippen LogP contribution is -2.22. The summed E-state index contributed by atoms with van der Waals surface area (Å²) in [7, 11) is 0. The topological polar surface area (TPSA) is 26.0 Å². The van der Waals surface area contributed by atoms with E-state index in [1.165, 1.54) is 0 Å². The first-order chi connectivity index (χ1) is 5.43. The molecule has 0 aliphatic rings. The Balaban J connectivity index is 3.26. The quantitative estimate of drug-likeness (QED) is 0.594. The van der Waals surface area contributed by atoms with Crippen molar-refractivity contribution in [2.75, 3.05) is 0 Å². The van der Waals surface area contributed by atoms with Gasteiger partial charge in [0.2, 0.25) is 0 Å². The zero-order chi connectivity index (χ0) is 9.35. The van der Waals surface area contributed by atoms with Crippen LogP contribution < -0.4 is 5.73 Å². The Hall–Kier alpha value is 0.340. The summed E-state index contributed by atoms with van der Waals surface area (Å²) in [6, 6.07) is 4.93. The zero-order valence-corrected chi connectivity index (χ0v) is 8.84. The Morgan fingerprint density at radius 3 is 2.17 bits per heavy atom. The minimum absolute atomic E-state index is 0.284. The van der Waals surface area contributed by atoms with E-state index in [0.29, 0.717) is 10.6 Å². The van der Waals surface area contributed by atoms with Crippen molar-refractivity contribution in [3.05, 3.63) is 33.8 Å². The largest absolute Gasteiger partial charge is 0.296 e. The van der Waals surface area contributed by atoms with Crippen molar-refractivity contribution in [3.63, 3.8) is 0 Å². The fourth-order valence-electron chi connectivity index (χ4n) is 0.761. The Bertz CT molecular complexity index is 292. The summed E-state index contributed by atoms with van der Waals surface area (Å²) < 4.78 is -1.50. The number of nitrogens with two attached hydrogens (primary N) is 1. The van der Waals surface area contributed by atoms with Gasteiger partial charge in [0.05, 0.1) is 10.0 Å². The minimum Gasteiger partial charge on any atom is -0.296 e. The molecule has 1 rings (SSSR count). The molecule has 12 heavy (non-hydrogen) atoms. The van der Waals surface area contributed by atoms with E-state index in [2.05, 4.69) is 0 Å². The molecule has 1 nitrogen and oxygen atoms in total. The van der Waals surface area contributed by atoms with Crippen molar-refractivity contribution in [1.29, 1.82) is 0 Å². The Morgan fingerprint density at radius 2 is 1.75 bits per heavy atom. The summed E-state index contributed by atoms with van der Waals surface area (Å²) in [5.41, 5.74) is 5.82. The summed E-state index contributed by atoms with van der Waals surface area (Å²) in [6.07, 6.45) is 0. The van der Waals surface area contributed by atoms with Gasteiger partial charge in [-0.05, 0) is 6.07 Å². The average Bonchev–Trinajstić information content (AvgIpc) is 1.92. The van der Waals surface area contributed by atoms with Crippen LogP contribution in [0.3, 0.4) is 0 Å². The Labute approximate surface area is 90.3 Å². The third-order valence-corrected chi connectivity index (χ3v) is 2.54. The van der Waals surface area contributed by atoms with E-state index in [4.69, 9.17) is 52.1 Å². The normalized spacial score (nSPS) is 11.8. The van der Waals surface area contributed by atoms with Crippen LogP contribution in [-0.4, -0.2) is 0 Å². The van der Waals surface area contributed by atoms with Gasteiger partial charge in [-0.25, -0.2) is 0 Å². The molecule has 66 valence electrons. The SMILES string of the molecule is NC(Cl)(Cl)c1cccc(Cl)c1Cl. The van der Waals surface area contributed by atoms with Gasteiger partial charge in [0.15, 0.2) is 4.46 Å². The predicted molar refractivity (Wildman–Crippen MR) is 54.0 cm³/mol. The number of hydrogen-bond donors (Lipinski definition) is 1. The number of halogens is 4. The van der Waals surface area contributed by atoms with Crippen molar-refractivity contribution in [3.8, 4) is 0 Å². The van der Waals surface area contributed by atoms with E-state index >= 15 is 0 Å². The molecule has 0 spiro atoms. The molecule has 0 saturated heterocycles. The van der Waals surface area contributed by atoms with Crippen LogP contribution >= 0.6 is 46.4 Å². The summed E-state index contributed by atoms with van der Waals surface area (Å²) in [5.74, 6) is 0. The van der Waals surface area contributed by atoms with Crippen molar-refractivity contribution in [1.82, 2.24) is 0 Å².